The molecule has 0 atom stereocenters. The quantitative estimate of drug-likeness (QED) is 0.0996. The molecule has 1 fully saturated rings. The van der Waals surface area contributed by atoms with Crippen molar-refractivity contribution in [1.29, 1.82) is 0 Å². The van der Waals surface area contributed by atoms with Crippen LogP contribution < -0.4 is 9.46 Å². The lowest BCUT2D eigenvalue weighted by molar-refractivity contribution is -0.154. The lowest BCUT2D eigenvalue weighted by atomic mass is 9.91. The summed E-state index contributed by atoms with van der Waals surface area (Å²) in [6, 6.07) is 25.5. The molecule has 1 aromatic heterocycles. The Kier molecular flexibility index (Phi) is 13.6. The van der Waals surface area contributed by atoms with Gasteiger partial charge in [0.05, 0.1) is 15.3 Å². The van der Waals surface area contributed by atoms with E-state index < -0.39 is 15.6 Å². The Labute approximate surface area is 333 Å². The number of ether oxygens (including phenoxy) is 2. The molecule has 1 saturated heterocycles. The van der Waals surface area contributed by atoms with Gasteiger partial charge in [-0.15, -0.1) is 0 Å². The fourth-order valence-electron chi connectivity index (χ4n) is 7.01. The van der Waals surface area contributed by atoms with Gasteiger partial charge in [-0.2, -0.15) is 4.37 Å². The lowest BCUT2D eigenvalue weighted by Gasteiger charge is -2.31. The van der Waals surface area contributed by atoms with Crippen LogP contribution in [-0.4, -0.2) is 62.0 Å². The van der Waals surface area contributed by atoms with Crippen molar-refractivity contribution in [3.63, 3.8) is 0 Å². The van der Waals surface area contributed by atoms with E-state index in [9.17, 15) is 17.6 Å². The van der Waals surface area contributed by atoms with Crippen molar-refractivity contribution in [1.82, 2.24) is 14.0 Å². The summed E-state index contributed by atoms with van der Waals surface area (Å²) >= 11 is 7.33. The summed E-state index contributed by atoms with van der Waals surface area (Å²) in [7, 11) is -3.69. The largest absolute Gasteiger partial charge is 0.492 e. The van der Waals surface area contributed by atoms with Crippen molar-refractivity contribution in [3.8, 4) is 5.75 Å². The number of carbonyl (C=O) groups excluding carboxylic acids is 1. The van der Waals surface area contributed by atoms with Crippen molar-refractivity contribution >= 4 is 49.2 Å². The van der Waals surface area contributed by atoms with Crippen molar-refractivity contribution in [2.75, 3.05) is 32.8 Å². The van der Waals surface area contributed by atoms with E-state index in [1.54, 1.807) is 18.2 Å². The zero-order chi connectivity index (χ0) is 39.0. The van der Waals surface area contributed by atoms with Crippen LogP contribution in [0.1, 0.15) is 73.9 Å². The van der Waals surface area contributed by atoms with Crippen LogP contribution in [0.4, 0.5) is 4.39 Å². The molecule has 0 amide bonds. The highest BCUT2D eigenvalue weighted by atomic mass is 35.5. The van der Waals surface area contributed by atoms with E-state index in [0.29, 0.717) is 30.4 Å². The number of hydrogen-bond acceptors (Lipinski definition) is 8. The molecule has 292 valence electrons. The monoisotopic (exact) mass is 805 g/mol. The van der Waals surface area contributed by atoms with Gasteiger partial charge in [0.1, 0.15) is 23.8 Å². The first-order valence-corrected chi connectivity index (χ1v) is 21.5. The van der Waals surface area contributed by atoms with E-state index in [4.69, 9.17) is 25.4 Å². The van der Waals surface area contributed by atoms with E-state index >= 15 is 0 Å². The molecule has 0 aliphatic carbocycles. The first-order valence-electron chi connectivity index (χ1n) is 18.9. The average Bonchev–Trinajstić information content (AvgIpc) is 3.56. The Morgan fingerprint density at radius 2 is 1.62 bits per heavy atom. The average molecular weight is 806 g/mol. The Bertz CT molecular complexity index is 2180. The summed E-state index contributed by atoms with van der Waals surface area (Å²) in [6.45, 7) is 9.13. The number of piperidine rings is 1. The third kappa shape index (κ3) is 11.8. The molecule has 12 heteroatoms. The topological polar surface area (TPSA) is 97.8 Å². The minimum atomic E-state index is -3.69. The summed E-state index contributed by atoms with van der Waals surface area (Å²) in [5, 5.41) is 1.55. The van der Waals surface area contributed by atoms with Crippen LogP contribution >= 0.6 is 23.1 Å². The number of para-hydroxylation sites is 1. The predicted octanol–water partition coefficient (Wildman–Crippen LogP) is 8.93. The number of benzene rings is 4. The van der Waals surface area contributed by atoms with Crippen LogP contribution in [0.15, 0.2) is 89.8 Å². The van der Waals surface area contributed by atoms with Crippen molar-refractivity contribution in [3.05, 3.63) is 124 Å². The van der Waals surface area contributed by atoms with Gasteiger partial charge in [0, 0.05) is 35.8 Å². The molecule has 0 unspecified atom stereocenters. The number of carbonyl (C=O) groups is 1. The molecule has 1 N–H and O–H groups in total. The van der Waals surface area contributed by atoms with Crippen LogP contribution in [0.25, 0.3) is 10.1 Å². The second-order valence-corrected chi connectivity index (χ2v) is 18.1. The summed E-state index contributed by atoms with van der Waals surface area (Å²) in [4.78, 5) is 15.2. The predicted molar refractivity (Wildman–Crippen MR) is 218 cm³/mol. The second kappa shape index (κ2) is 18.4. The van der Waals surface area contributed by atoms with Crippen LogP contribution in [0.2, 0.25) is 5.02 Å². The first-order chi connectivity index (χ1) is 26.3. The van der Waals surface area contributed by atoms with Gasteiger partial charge >= 0.3 is 5.97 Å². The number of aromatic nitrogens is 1. The highest BCUT2D eigenvalue weighted by Gasteiger charge is 2.24. The molecule has 0 saturated carbocycles. The van der Waals surface area contributed by atoms with Crippen LogP contribution in [0.5, 0.6) is 5.75 Å². The molecule has 0 radical (unpaired) electrons. The molecule has 6 rings (SSSR count). The number of halogens is 2. The number of nitrogens with zero attached hydrogens (tertiary/aromatic N) is 2. The maximum atomic E-state index is 13.7. The Balaban J connectivity index is 1.04. The molecule has 2 heterocycles. The number of esters is 1. The first kappa shape index (κ1) is 40.8. The molecular formula is C43H49ClFN3O5S2. The van der Waals surface area contributed by atoms with Crippen LogP contribution in [0.3, 0.4) is 0 Å². The number of nitrogens with one attached hydrogen (secondary N) is 1. The van der Waals surface area contributed by atoms with Gasteiger partial charge in [0.2, 0.25) is 10.0 Å². The fourth-order valence-corrected chi connectivity index (χ4v) is 9.05. The summed E-state index contributed by atoms with van der Waals surface area (Å²) < 4.78 is 59.7. The Hall–Kier alpha value is -3.87. The highest BCUT2D eigenvalue weighted by Crippen LogP contribution is 2.34. The Morgan fingerprint density at radius 3 is 2.35 bits per heavy atom. The molecule has 0 spiro atoms. The van der Waals surface area contributed by atoms with E-state index in [-0.39, 0.29) is 29.6 Å². The van der Waals surface area contributed by atoms with Crippen molar-refractivity contribution in [2.45, 2.75) is 82.1 Å². The fraction of sp³-hybridized carbons (Fsp3) is 0.395. The van der Waals surface area contributed by atoms with Gasteiger partial charge in [-0.3, -0.25) is 9.69 Å². The molecular weight excluding hydrogens is 757 g/mol. The van der Waals surface area contributed by atoms with Crippen LogP contribution in [-0.2, 0) is 45.2 Å². The maximum absolute atomic E-state index is 13.7. The van der Waals surface area contributed by atoms with E-state index in [2.05, 4.69) is 27.8 Å². The minimum absolute atomic E-state index is 0.161. The second-order valence-electron chi connectivity index (χ2n) is 15.1. The summed E-state index contributed by atoms with van der Waals surface area (Å²) in [6.07, 6.45) is 4.78. The molecule has 8 nitrogen and oxygen atoms in total. The molecule has 1 aliphatic heterocycles. The zero-order valence-corrected chi connectivity index (χ0v) is 34.0. The number of sulfonamides is 1. The van der Waals surface area contributed by atoms with E-state index in [1.165, 1.54) is 29.7 Å². The van der Waals surface area contributed by atoms with Gasteiger partial charge in [0.25, 0.3) is 0 Å². The lowest BCUT2D eigenvalue weighted by Crippen LogP contribution is -2.36. The van der Waals surface area contributed by atoms with Gasteiger partial charge in [-0.25, -0.2) is 17.5 Å². The van der Waals surface area contributed by atoms with Gasteiger partial charge in [-0.05, 0) is 155 Å². The van der Waals surface area contributed by atoms with Crippen molar-refractivity contribution < 1.29 is 27.1 Å². The molecule has 55 heavy (non-hydrogen) atoms. The minimum Gasteiger partial charge on any atom is -0.492 e. The van der Waals surface area contributed by atoms with E-state index in [1.807, 2.05) is 51.1 Å². The van der Waals surface area contributed by atoms with Gasteiger partial charge in [-0.1, -0.05) is 48.0 Å². The molecule has 1 aliphatic rings. The third-order valence-corrected chi connectivity index (χ3v) is 12.3. The molecule has 5 aromatic rings. The van der Waals surface area contributed by atoms with Crippen LogP contribution in [0, 0.1) is 5.82 Å². The zero-order valence-electron chi connectivity index (χ0n) is 31.7. The van der Waals surface area contributed by atoms with E-state index in [0.717, 1.165) is 89.1 Å². The number of aryl methyl sites for hydroxylation is 3. The maximum Gasteiger partial charge on any atom is 0.306 e. The number of rotatable bonds is 16. The number of hydrogen-bond donors (Lipinski definition) is 1. The SMILES string of the molecule is CC(C)(C)OC(=O)CCc1cc(CCNS(=O)(=O)c2ccc(Cl)cc2)cc(CCc2ccccc2OCCN2CCC(c3nsc4cc(F)ccc34)CC2)c1. The van der Waals surface area contributed by atoms with Gasteiger partial charge in [0.15, 0.2) is 0 Å². The van der Waals surface area contributed by atoms with Gasteiger partial charge < -0.3 is 9.47 Å². The standard InChI is InChI=1S/C43H49ClFN3O5S2/c1-43(2,3)53-41(49)17-9-31-26-30(27-32(28-31)18-21-46-55(50,51)37-14-11-35(44)12-15-37)8-10-33-6-4-5-7-39(33)52-25-24-48-22-19-34(20-23-48)42-38-16-13-36(45)29-40(38)54-47-42/h4-7,11-16,26-29,34,46H,8-10,17-25H2,1-3H3. The summed E-state index contributed by atoms with van der Waals surface area (Å²) in [5.74, 6) is 0.779. The highest BCUT2D eigenvalue weighted by molar-refractivity contribution is 7.89. The Morgan fingerprint density at radius 1 is 0.927 bits per heavy atom. The normalized spacial score (nSPS) is 14.3. The van der Waals surface area contributed by atoms with Crippen molar-refractivity contribution in [2.24, 2.45) is 0 Å². The number of likely N-dealkylation sites (tertiary alicyclic amines) is 1. The number of fused-ring (bicyclic) bond motifs is 1. The smallest absolute Gasteiger partial charge is 0.306 e. The summed E-state index contributed by atoms with van der Waals surface area (Å²) in [5.41, 5.74) is 4.75. The molecule has 0 bridgehead atoms. The molecule has 4 aromatic carbocycles. The third-order valence-electron chi connectivity index (χ3n) is 9.74.